The Hall–Kier alpha value is -4.07. The number of hydrogen-bond acceptors (Lipinski definition) is 11. The van der Waals surface area contributed by atoms with Gasteiger partial charge in [-0.25, -0.2) is 9.59 Å². The summed E-state index contributed by atoms with van der Waals surface area (Å²) in [7, 11) is 0. The number of fused-ring (bicyclic) bond motifs is 1. The van der Waals surface area contributed by atoms with E-state index in [1.54, 1.807) is 60.3 Å². The molecule has 0 radical (unpaired) electrons. The van der Waals surface area contributed by atoms with Crippen molar-refractivity contribution in [3.8, 4) is 0 Å². The Kier molecular flexibility index (Phi) is 13.3. The monoisotopic (exact) mass is 768 g/mol. The maximum absolute atomic E-state index is 13.7. The van der Waals surface area contributed by atoms with Crippen molar-refractivity contribution in [2.45, 2.75) is 82.0 Å². The SMILES string of the molecule is CCS[C@@H]1OC(COCc2ccccc2)[C@@H](O[C@@H]2OC3COC(c4ccccc4)O[C@H]3[C@H](C)C2OC(=O)c2ccccc2)[C@H](C)C1OC(=O)c1ccccc1. The number of carbonyl (C=O) groups is 2. The van der Waals surface area contributed by atoms with Crippen LogP contribution >= 0.6 is 11.8 Å². The van der Waals surface area contributed by atoms with Crippen molar-refractivity contribution in [1.29, 1.82) is 0 Å². The van der Waals surface area contributed by atoms with Crippen LogP contribution in [0.1, 0.15) is 58.9 Å². The third kappa shape index (κ3) is 9.49. The summed E-state index contributed by atoms with van der Waals surface area (Å²) in [5.74, 6) is -0.990. The second-order valence-electron chi connectivity index (χ2n) is 14.0. The largest absolute Gasteiger partial charge is 0.455 e. The fraction of sp³-hybridized carbons (Fsp3) is 0.409. The summed E-state index contributed by atoms with van der Waals surface area (Å²) in [5, 5.41) is 0. The highest BCUT2D eigenvalue weighted by Gasteiger charge is 2.54. The summed E-state index contributed by atoms with van der Waals surface area (Å²) in [4.78, 5) is 27.2. The molecule has 0 aromatic heterocycles. The van der Waals surface area contributed by atoms with E-state index in [2.05, 4.69) is 0 Å². The topological polar surface area (TPSA) is 108 Å². The summed E-state index contributed by atoms with van der Waals surface area (Å²) in [5.41, 5.74) is 2.25. The molecule has 3 aliphatic rings. The number of thioether (sulfide) groups is 1. The molecule has 0 saturated carbocycles. The molecule has 7 rings (SSSR count). The van der Waals surface area contributed by atoms with Crippen LogP contribution in [0.25, 0.3) is 0 Å². The molecule has 0 N–H and O–H groups in total. The molecule has 4 aromatic rings. The van der Waals surface area contributed by atoms with Gasteiger partial charge in [0.05, 0.1) is 43.2 Å². The van der Waals surface area contributed by atoms with Crippen LogP contribution in [0.2, 0.25) is 0 Å². The van der Waals surface area contributed by atoms with Crippen LogP contribution in [-0.4, -0.2) is 79.3 Å². The summed E-state index contributed by atoms with van der Waals surface area (Å²) < 4.78 is 51.9. The van der Waals surface area contributed by atoms with Gasteiger partial charge in [0.25, 0.3) is 0 Å². The maximum Gasteiger partial charge on any atom is 0.338 e. The van der Waals surface area contributed by atoms with Gasteiger partial charge in [-0.2, -0.15) is 0 Å². The summed E-state index contributed by atoms with van der Waals surface area (Å²) in [6, 6.07) is 37.4. The Bertz CT molecular complexity index is 1800. The lowest BCUT2D eigenvalue weighted by atomic mass is 9.88. The normalized spacial score (nSPS) is 30.5. The molecule has 3 heterocycles. The van der Waals surface area contributed by atoms with E-state index < -0.39 is 66.6 Å². The van der Waals surface area contributed by atoms with E-state index in [1.807, 2.05) is 93.6 Å². The van der Waals surface area contributed by atoms with E-state index in [4.69, 9.17) is 37.9 Å². The van der Waals surface area contributed by atoms with Crippen molar-refractivity contribution in [2.75, 3.05) is 19.0 Å². The van der Waals surface area contributed by atoms with Crippen LogP contribution in [0, 0.1) is 11.8 Å². The highest BCUT2D eigenvalue weighted by Crippen LogP contribution is 2.42. The van der Waals surface area contributed by atoms with Crippen LogP contribution in [-0.2, 0) is 44.5 Å². The minimum atomic E-state index is -1.04. The molecule has 0 spiro atoms. The fourth-order valence-electron chi connectivity index (χ4n) is 7.33. The Labute approximate surface area is 326 Å². The van der Waals surface area contributed by atoms with E-state index >= 15 is 0 Å². The zero-order chi connectivity index (χ0) is 38.1. The molecule has 0 aliphatic carbocycles. The van der Waals surface area contributed by atoms with Crippen LogP contribution in [0.4, 0.5) is 0 Å². The van der Waals surface area contributed by atoms with Gasteiger partial charge in [-0.15, -0.1) is 11.8 Å². The van der Waals surface area contributed by atoms with Gasteiger partial charge in [0.15, 0.2) is 18.7 Å². The lowest BCUT2D eigenvalue weighted by Gasteiger charge is -2.50. The zero-order valence-electron chi connectivity index (χ0n) is 31.2. The number of ether oxygens (including phenoxy) is 8. The van der Waals surface area contributed by atoms with E-state index in [0.717, 1.165) is 16.9 Å². The molecule has 3 fully saturated rings. The molecule has 290 valence electrons. The molecule has 3 saturated heterocycles. The van der Waals surface area contributed by atoms with Crippen molar-refractivity contribution in [3.63, 3.8) is 0 Å². The lowest BCUT2D eigenvalue weighted by Crippen LogP contribution is -2.63. The third-order valence-electron chi connectivity index (χ3n) is 10.2. The van der Waals surface area contributed by atoms with Crippen LogP contribution in [0.5, 0.6) is 0 Å². The van der Waals surface area contributed by atoms with E-state index in [1.165, 1.54) is 0 Å². The average molecular weight is 769 g/mol. The minimum Gasteiger partial charge on any atom is -0.455 e. The van der Waals surface area contributed by atoms with Crippen molar-refractivity contribution >= 4 is 23.7 Å². The number of carbonyl (C=O) groups excluding carboxylic acids is 2. The zero-order valence-corrected chi connectivity index (χ0v) is 32.0. The molecular weight excluding hydrogens is 721 g/mol. The average Bonchev–Trinajstić information content (AvgIpc) is 3.23. The molecule has 11 atom stereocenters. The van der Waals surface area contributed by atoms with Gasteiger partial charge in [0.2, 0.25) is 0 Å². The molecule has 0 amide bonds. The van der Waals surface area contributed by atoms with Crippen LogP contribution in [0.15, 0.2) is 121 Å². The molecule has 0 bridgehead atoms. The van der Waals surface area contributed by atoms with E-state index in [-0.39, 0.29) is 25.0 Å². The Morgan fingerprint density at radius 1 is 0.691 bits per heavy atom. The fourth-order valence-corrected chi connectivity index (χ4v) is 8.37. The minimum absolute atomic E-state index is 0.192. The van der Waals surface area contributed by atoms with Gasteiger partial charge in [-0.1, -0.05) is 118 Å². The Balaban J connectivity index is 1.17. The highest BCUT2D eigenvalue weighted by molar-refractivity contribution is 7.99. The van der Waals surface area contributed by atoms with Gasteiger partial charge in [0, 0.05) is 17.4 Å². The molecule has 5 unspecified atom stereocenters. The van der Waals surface area contributed by atoms with Crippen molar-refractivity contribution in [2.24, 2.45) is 11.8 Å². The second-order valence-corrected chi connectivity index (χ2v) is 15.4. The predicted molar refractivity (Wildman–Crippen MR) is 206 cm³/mol. The van der Waals surface area contributed by atoms with Crippen molar-refractivity contribution in [3.05, 3.63) is 144 Å². The van der Waals surface area contributed by atoms with Crippen molar-refractivity contribution < 1.29 is 47.5 Å². The molecule has 55 heavy (non-hydrogen) atoms. The van der Waals surface area contributed by atoms with Gasteiger partial charge >= 0.3 is 11.9 Å². The van der Waals surface area contributed by atoms with Gasteiger partial charge in [0.1, 0.15) is 23.7 Å². The molecule has 4 aromatic carbocycles. The number of rotatable bonds is 13. The first-order valence-electron chi connectivity index (χ1n) is 18.9. The Morgan fingerprint density at radius 2 is 1.27 bits per heavy atom. The molecule has 3 aliphatic heterocycles. The first-order valence-corrected chi connectivity index (χ1v) is 20.0. The highest BCUT2D eigenvalue weighted by atomic mass is 32.2. The van der Waals surface area contributed by atoms with Gasteiger partial charge < -0.3 is 37.9 Å². The summed E-state index contributed by atoms with van der Waals surface area (Å²) in [6.45, 7) is 6.80. The smallest absolute Gasteiger partial charge is 0.338 e. The Morgan fingerprint density at radius 3 is 1.89 bits per heavy atom. The van der Waals surface area contributed by atoms with Crippen LogP contribution < -0.4 is 0 Å². The standard InChI is InChI=1S/C44H48O10S/c1-4-55-44-39(52-41(46)32-21-13-7-14-22-32)29(3)37(34(50-44)26-47-25-30-17-9-5-10-18-30)54-43-38(51-40(45)31-19-11-6-12-20-31)28(2)36-35(49-43)27-48-42(53-36)33-23-15-8-16-24-33/h5-24,28-29,34-39,42-44H,4,25-27H2,1-3H3/t28-,29-,34?,35?,36-,37-,38?,39?,42?,43-,44-/m0/s1. The van der Waals surface area contributed by atoms with Gasteiger partial charge in [-0.05, 0) is 35.6 Å². The second kappa shape index (κ2) is 18.7. The first-order chi connectivity index (χ1) is 26.9. The predicted octanol–water partition coefficient (Wildman–Crippen LogP) is 7.63. The van der Waals surface area contributed by atoms with Gasteiger partial charge in [-0.3, -0.25) is 0 Å². The number of hydrogen-bond donors (Lipinski definition) is 0. The maximum atomic E-state index is 13.7. The van der Waals surface area contributed by atoms with Crippen LogP contribution in [0.3, 0.4) is 0 Å². The number of benzene rings is 4. The first kappa shape index (κ1) is 39.2. The third-order valence-corrected chi connectivity index (χ3v) is 11.3. The summed E-state index contributed by atoms with van der Waals surface area (Å²) >= 11 is 1.56. The molecule has 11 heteroatoms. The molecular formula is C44H48O10S. The van der Waals surface area contributed by atoms with E-state index in [0.29, 0.717) is 17.7 Å². The number of esters is 2. The van der Waals surface area contributed by atoms with Crippen molar-refractivity contribution in [1.82, 2.24) is 0 Å². The summed E-state index contributed by atoms with van der Waals surface area (Å²) in [6.07, 6.45) is -5.49. The van der Waals surface area contributed by atoms with E-state index in [9.17, 15) is 9.59 Å². The molecule has 10 nitrogen and oxygen atoms in total. The quantitative estimate of drug-likeness (QED) is 0.125. The lowest BCUT2D eigenvalue weighted by molar-refractivity contribution is -0.366.